The molecule has 2 rings (SSSR count). The van der Waals surface area contributed by atoms with Crippen LogP contribution in [0.4, 0.5) is 5.69 Å². The largest absolute Gasteiger partial charge is 0.350 e. The number of hydrogen-bond donors (Lipinski definition) is 2. The number of sulfonamides is 1. The van der Waals surface area contributed by atoms with Gasteiger partial charge in [-0.1, -0.05) is 12.1 Å². The van der Waals surface area contributed by atoms with Crippen LogP contribution in [-0.4, -0.2) is 54.8 Å². The first-order valence-electron chi connectivity index (χ1n) is 8.23. The highest BCUT2D eigenvalue weighted by Gasteiger charge is 2.21. The lowest BCUT2D eigenvalue weighted by Crippen LogP contribution is -2.40. The van der Waals surface area contributed by atoms with Crippen LogP contribution < -0.4 is 10.0 Å². The van der Waals surface area contributed by atoms with E-state index in [1.165, 1.54) is 9.58 Å². The number of anilines is 1. The van der Waals surface area contributed by atoms with Crippen molar-refractivity contribution < 1.29 is 18.0 Å². The molecular weight excluding hydrogens is 370 g/mol. The molecule has 0 aliphatic carbocycles. The van der Waals surface area contributed by atoms with Crippen molar-refractivity contribution in [3.63, 3.8) is 0 Å². The Morgan fingerprint density at radius 3 is 2.67 bits per heavy atom. The van der Waals surface area contributed by atoms with Gasteiger partial charge < -0.3 is 10.2 Å². The van der Waals surface area contributed by atoms with Gasteiger partial charge in [0.05, 0.1) is 12.8 Å². The first-order valence-corrected chi connectivity index (χ1v) is 10.1. The summed E-state index contributed by atoms with van der Waals surface area (Å²) in [6.07, 6.45) is 4.34. The Kier molecular flexibility index (Phi) is 6.56. The lowest BCUT2D eigenvalue weighted by atomic mass is 10.2. The van der Waals surface area contributed by atoms with Crippen LogP contribution >= 0.6 is 0 Å². The standard InChI is InChI=1S/C17H23N5O4S/c1-13(22-9-5-8-19-22)17(24)21(2)12-16(23)18-11-14-6-4-7-15(10-14)20-27(3,25)26/h4-10,13,20H,11-12H2,1-3H3,(H,18,23). The van der Waals surface area contributed by atoms with Gasteiger partial charge in [-0.25, -0.2) is 8.42 Å². The number of hydrogen-bond acceptors (Lipinski definition) is 5. The number of carbonyl (C=O) groups excluding carboxylic acids is 2. The van der Waals surface area contributed by atoms with Crippen molar-refractivity contribution in [2.24, 2.45) is 0 Å². The smallest absolute Gasteiger partial charge is 0.247 e. The van der Waals surface area contributed by atoms with Crippen molar-refractivity contribution in [2.45, 2.75) is 19.5 Å². The lowest BCUT2D eigenvalue weighted by Gasteiger charge is -2.21. The van der Waals surface area contributed by atoms with Crippen LogP contribution in [0.5, 0.6) is 0 Å². The van der Waals surface area contributed by atoms with Crippen LogP contribution in [0.25, 0.3) is 0 Å². The monoisotopic (exact) mass is 393 g/mol. The summed E-state index contributed by atoms with van der Waals surface area (Å²) < 4.78 is 26.5. The maximum absolute atomic E-state index is 12.3. The van der Waals surface area contributed by atoms with E-state index < -0.39 is 16.1 Å². The fourth-order valence-electron chi connectivity index (χ4n) is 2.45. The van der Waals surface area contributed by atoms with Gasteiger partial charge in [0.1, 0.15) is 6.04 Å². The van der Waals surface area contributed by atoms with Crippen molar-refractivity contribution >= 4 is 27.5 Å². The lowest BCUT2D eigenvalue weighted by molar-refractivity contribution is -0.137. The summed E-state index contributed by atoms with van der Waals surface area (Å²) in [6.45, 7) is 1.84. The summed E-state index contributed by atoms with van der Waals surface area (Å²) in [5.41, 5.74) is 1.15. The number of amides is 2. The number of likely N-dealkylation sites (N-methyl/N-ethyl adjacent to an activating group) is 1. The third-order valence-electron chi connectivity index (χ3n) is 3.76. The summed E-state index contributed by atoms with van der Waals surface area (Å²) in [6, 6.07) is 7.93. The fraction of sp³-hybridized carbons (Fsp3) is 0.353. The third-order valence-corrected chi connectivity index (χ3v) is 4.36. The molecule has 27 heavy (non-hydrogen) atoms. The molecule has 1 heterocycles. The second-order valence-corrected chi connectivity index (χ2v) is 7.96. The van der Waals surface area contributed by atoms with Gasteiger partial charge in [-0.15, -0.1) is 0 Å². The van der Waals surface area contributed by atoms with Crippen LogP contribution in [-0.2, 0) is 26.2 Å². The highest BCUT2D eigenvalue weighted by molar-refractivity contribution is 7.92. The Balaban J connectivity index is 1.87. The number of rotatable bonds is 8. The van der Waals surface area contributed by atoms with Gasteiger partial charge in [-0.3, -0.25) is 19.0 Å². The molecule has 2 N–H and O–H groups in total. The molecule has 1 aromatic heterocycles. The van der Waals surface area contributed by atoms with E-state index in [1.54, 1.807) is 56.7 Å². The molecule has 0 fully saturated rings. The fourth-order valence-corrected chi connectivity index (χ4v) is 3.01. The molecule has 146 valence electrons. The summed E-state index contributed by atoms with van der Waals surface area (Å²) in [4.78, 5) is 25.8. The summed E-state index contributed by atoms with van der Waals surface area (Å²) >= 11 is 0. The third kappa shape index (κ3) is 6.41. The van der Waals surface area contributed by atoms with Gasteiger partial charge in [-0.2, -0.15) is 5.10 Å². The zero-order valence-corrected chi connectivity index (χ0v) is 16.2. The van der Waals surface area contributed by atoms with E-state index in [9.17, 15) is 18.0 Å². The zero-order chi connectivity index (χ0) is 20.0. The molecule has 1 unspecified atom stereocenters. The van der Waals surface area contributed by atoms with Gasteiger partial charge in [0.2, 0.25) is 21.8 Å². The van der Waals surface area contributed by atoms with Gasteiger partial charge in [-0.05, 0) is 30.7 Å². The average Bonchev–Trinajstić information content (AvgIpc) is 3.12. The van der Waals surface area contributed by atoms with E-state index in [0.29, 0.717) is 5.69 Å². The van der Waals surface area contributed by atoms with Crippen molar-refractivity contribution in [2.75, 3.05) is 24.6 Å². The first kappa shape index (κ1) is 20.4. The van der Waals surface area contributed by atoms with Crippen molar-refractivity contribution in [3.8, 4) is 0 Å². The molecular formula is C17H23N5O4S. The molecule has 0 aliphatic heterocycles. The molecule has 1 aromatic carbocycles. The van der Waals surface area contributed by atoms with E-state index in [1.807, 2.05) is 0 Å². The molecule has 0 spiro atoms. The highest BCUT2D eigenvalue weighted by atomic mass is 32.2. The van der Waals surface area contributed by atoms with Gasteiger partial charge in [0, 0.05) is 31.7 Å². The van der Waals surface area contributed by atoms with E-state index in [0.717, 1.165) is 11.8 Å². The van der Waals surface area contributed by atoms with Gasteiger partial charge in [0.25, 0.3) is 0 Å². The Hall–Kier alpha value is -2.88. The molecule has 10 heteroatoms. The number of carbonyl (C=O) groups is 2. The number of nitrogens with zero attached hydrogens (tertiary/aromatic N) is 3. The van der Waals surface area contributed by atoms with Crippen molar-refractivity contribution in [3.05, 3.63) is 48.3 Å². The van der Waals surface area contributed by atoms with Crippen LogP contribution in [0, 0.1) is 0 Å². The Morgan fingerprint density at radius 2 is 2.04 bits per heavy atom. The normalized spacial score (nSPS) is 12.3. The van der Waals surface area contributed by atoms with Crippen molar-refractivity contribution in [1.29, 1.82) is 0 Å². The second kappa shape index (κ2) is 8.67. The van der Waals surface area contributed by atoms with Crippen LogP contribution in [0.15, 0.2) is 42.7 Å². The van der Waals surface area contributed by atoms with E-state index in [4.69, 9.17) is 0 Å². The molecule has 0 bridgehead atoms. The maximum atomic E-state index is 12.3. The molecule has 0 saturated carbocycles. The van der Waals surface area contributed by atoms with Crippen LogP contribution in [0.3, 0.4) is 0 Å². The van der Waals surface area contributed by atoms with Gasteiger partial charge in [0.15, 0.2) is 0 Å². The Labute approximate surface area is 158 Å². The predicted molar refractivity (Wildman–Crippen MR) is 101 cm³/mol. The maximum Gasteiger partial charge on any atom is 0.247 e. The molecule has 0 aliphatic rings. The molecule has 1 atom stereocenters. The highest BCUT2D eigenvalue weighted by Crippen LogP contribution is 2.12. The first-order chi connectivity index (χ1) is 12.7. The van der Waals surface area contributed by atoms with E-state index >= 15 is 0 Å². The molecule has 0 saturated heterocycles. The molecule has 2 aromatic rings. The minimum Gasteiger partial charge on any atom is -0.350 e. The van der Waals surface area contributed by atoms with Crippen LogP contribution in [0.1, 0.15) is 18.5 Å². The number of nitrogens with one attached hydrogen (secondary N) is 2. The molecule has 0 radical (unpaired) electrons. The number of aromatic nitrogens is 2. The minimum absolute atomic E-state index is 0.0915. The zero-order valence-electron chi connectivity index (χ0n) is 15.4. The predicted octanol–water partition coefficient (Wildman–Crippen LogP) is 0.590. The summed E-state index contributed by atoms with van der Waals surface area (Å²) in [7, 11) is -1.81. The van der Waals surface area contributed by atoms with Crippen molar-refractivity contribution in [1.82, 2.24) is 20.0 Å². The van der Waals surface area contributed by atoms with E-state index in [2.05, 4.69) is 15.1 Å². The average molecular weight is 393 g/mol. The Bertz CT molecular complexity index is 896. The van der Waals surface area contributed by atoms with Gasteiger partial charge >= 0.3 is 0 Å². The topological polar surface area (TPSA) is 113 Å². The SMILES string of the molecule is CC(C(=O)N(C)CC(=O)NCc1cccc(NS(C)(=O)=O)c1)n1cccn1. The van der Waals surface area contributed by atoms with Crippen LogP contribution in [0.2, 0.25) is 0 Å². The molecule has 9 nitrogen and oxygen atoms in total. The number of benzene rings is 1. The quantitative estimate of drug-likeness (QED) is 0.681. The summed E-state index contributed by atoms with van der Waals surface area (Å²) in [5.74, 6) is -0.548. The minimum atomic E-state index is -3.37. The summed E-state index contributed by atoms with van der Waals surface area (Å²) in [5, 5.41) is 6.74. The second-order valence-electron chi connectivity index (χ2n) is 6.21. The van der Waals surface area contributed by atoms with E-state index in [-0.39, 0.29) is 24.9 Å². The molecule has 2 amide bonds. The Morgan fingerprint density at radius 1 is 1.30 bits per heavy atom.